The molecule has 0 aromatic carbocycles. The van der Waals surface area contributed by atoms with Crippen molar-refractivity contribution in [3.05, 3.63) is 27.7 Å². The van der Waals surface area contributed by atoms with E-state index in [1.165, 1.54) is 0 Å². The Labute approximate surface area is 98.2 Å². The van der Waals surface area contributed by atoms with Crippen LogP contribution in [0.5, 0.6) is 0 Å². The van der Waals surface area contributed by atoms with E-state index in [2.05, 4.69) is 20.9 Å². The van der Waals surface area contributed by atoms with Gasteiger partial charge >= 0.3 is 0 Å². The molecular formula is C12H15BrFN. The monoisotopic (exact) mass is 271 g/mol. The number of hydrogen-bond donors (Lipinski definition) is 0. The fraction of sp³-hybridized carbons (Fsp3) is 0.583. The fourth-order valence-electron chi connectivity index (χ4n) is 1.75. The topological polar surface area (TPSA) is 12.9 Å². The van der Waals surface area contributed by atoms with Gasteiger partial charge in [-0.15, -0.1) is 0 Å². The van der Waals surface area contributed by atoms with E-state index in [0.29, 0.717) is 11.6 Å². The predicted octanol–water partition coefficient (Wildman–Crippen LogP) is 4.16. The van der Waals surface area contributed by atoms with E-state index in [1.54, 1.807) is 6.20 Å². The minimum absolute atomic E-state index is 0.112. The van der Waals surface area contributed by atoms with Crippen LogP contribution in [-0.2, 0) is 5.41 Å². The van der Waals surface area contributed by atoms with Crippen LogP contribution in [0.2, 0.25) is 0 Å². The second kappa shape index (κ2) is 3.55. The van der Waals surface area contributed by atoms with Gasteiger partial charge in [-0.1, -0.05) is 20.8 Å². The number of aromatic nitrogens is 1. The molecule has 0 unspecified atom stereocenters. The summed E-state index contributed by atoms with van der Waals surface area (Å²) in [5, 5.41) is 0. The summed E-state index contributed by atoms with van der Waals surface area (Å²) in [6, 6.07) is 0. The molecule has 1 saturated carbocycles. The largest absolute Gasteiger partial charge is 0.256 e. The molecule has 1 aliphatic carbocycles. The highest BCUT2D eigenvalue weighted by Gasteiger charge is 2.32. The molecule has 3 heteroatoms. The molecule has 0 saturated heterocycles. The van der Waals surface area contributed by atoms with Crippen LogP contribution in [0.25, 0.3) is 0 Å². The highest BCUT2D eigenvalue weighted by Crippen LogP contribution is 2.45. The van der Waals surface area contributed by atoms with E-state index >= 15 is 0 Å². The molecule has 0 spiro atoms. The molecule has 15 heavy (non-hydrogen) atoms. The predicted molar refractivity (Wildman–Crippen MR) is 62.6 cm³/mol. The van der Waals surface area contributed by atoms with Gasteiger partial charge < -0.3 is 0 Å². The van der Waals surface area contributed by atoms with Crippen LogP contribution in [0.4, 0.5) is 4.39 Å². The summed E-state index contributed by atoms with van der Waals surface area (Å²) in [6.45, 7) is 5.97. The highest BCUT2D eigenvalue weighted by atomic mass is 79.9. The number of nitrogens with zero attached hydrogens (tertiary/aromatic N) is 1. The SMILES string of the molecule is CC(C)(C)c1ncc(Br)c(C2CC2)c1F. The van der Waals surface area contributed by atoms with Gasteiger partial charge in [-0.3, -0.25) is 4.98 Å². The zero-order valence-electron chi connectivity index (χ0n) is 9.27. The van der Waals surface area contributed by atoms with Crippen molar-refractivity contribution >= 4 is 15.9 Å². The molecule has 0 aliphatic heterocycles. The van der Waals surface area contributed by atoms with Crippen molar-refractivity contribution in [2.45, 2.75) is 44.9 Å². The van der Waals surface area contributed by atoms with E-state index in [9.17, 15) is 4.39 Å². The Kier molecular flexibility index (Phi) is 2.61. The van der Waals surface area contributed by atoms with Crippen LogP contribution in [-0.4, -0.2) is 4.98 Å². The van der Waals surface area contributed by atoms with E-state index in [-0.39, 0.29) is 11.2 Å². The van der Waals surface area contributed by atoms with Crippen LogP contribution in [0.15, 0.2) is 10.7 Å². The van der Waals surface area contributed by atoms with Gasteiger partial charge in [0.2, 0.25) is 0 Å². The van der Waals surface area contributed by atoms with Crippen LogP contribution >= 0.6 is 15.9 Å². The Morgan fingerprint density at radius 2 is 2.00 bits per heavy atom. The molecule has 0 atom stereocenters. The van der Waals surface area contributed by atoms with Crippen molar-refractivity contribution in [2.24, 2.45) is 0 Å². The molecular weight excluding hydrogens is 257 g/mol. The van der Waals surface area contributed by atoms with E-state index < -0.39 is 0 Å². The van der Waals surface area contributed by atoms with E-state index in [0.717, 1.165) is 22.9 Å². The van der Waals surface area contributed by atoms with Gasteiger partial charge in [-0.25, -0.2) is 4.39 Å². The first-order chi connectivity index (χ1) is 6.91. The molecule has 0 amide bonds. The molecule has 82 valence electrons. The first kappa shape index (κ1) is 11.1. The van der Waals surface area contributed by atoms with Crippen LogP contribution in [0.3, 0.4) is 0 Å². The summed E-state index contributed by atoms with van der Waals surface area (Å²) >= 11 is 3.39. The Morgan fingerprint density at radius 3 is 2.47 bits per heavy atom. The lowest BCUT2D eigenvalue weighted by atomic mass is 9.89. The van der Waals surface area contributed by atoms with Gasteiger partial charge in [0.05, 0.1) is 5.69 Å². The van der Waals surface area contributed by atoms with Crippen LogP contribution in [0.1, 0.15) is 50.8 Å². The quantitative estimate of drug-likeness (QED) is 0.748. The molecule has 2 rings (SSSR count). The summed E-state index contributed by atoms with van der Waals surface area (Å²) in [5.74, 6) is 0.294. The van der Waals surface area contributed by atoms with Gasteiger partial charge in [-0.2, -0.15) is 0 Å². The molecule has 1 aromatic heterocycles. The zero-order valence-corrected chi connectivity index (χ0v) is 10.9. The summed E-state index contributed by atoms with van der Waals surface area (Å²) in [5.41, 5.74) is 1.18. The standard InChI is InChI=1S/C12H15BrFN/c1-12(2,3)11-10(14)9(7-4-5-7)8(13)6-15-11/h6-7H,4-5H2,1-3H3. The third kappa shape index (κ3) is 2.07. The number of halogens is 2. The first-order valence-electron chi connectivity index (χ1n) is 5.25. The summed E-state index contributed by atoms with van der Waals surface area (Å²) < 4.78 is 15.0. The first-order valence-corrected chi connectivity index (χ1v) is 6.05. The van der Waals surface area contributed by atoms with Crippen molar-refractivity contribution in [1.29, 1.82) is 0 Å². The fourth-order valence-corrected chi connectivity index (χ4v) is 2.35. The molecule has 0 radical (unpaired) electrons. The van der Waals surface area contributed by atoms with Crippen molar-refractivity contribution in [2.75, 3.05) is 0 Å². The molecule has 1 aliphatic rings. The third-order valence-corrected chi connectivity index (χ3v) is 3.34. The highest BCUT2D eigenvalue weighted by molar-refractivity contribution is 9.10. The maximum atomic E-state index is 14.2. The second-order valence-electron chi connectivity index (χ2n) is 5.21. The number of rotatable bonds is 1. The Balaban J connectivity index is 2.55. The lowest BCUT2D eigenvalue weighted by molar-refractivity contribution is 0.494. The maximum Gasteiger partial charge on any atom is 0.149 e. The van der Waals surface area contributed by atoms with Gasteiger partial charge in [0.1, 0.15) is 5.82 Å². The van der Waals surface area contributed by atoms with Crippen molar-refractivity contribution in [3.63, 3.8) is 0 Å². The normalized spacial score (nSPS) is 16.9. The molecule has 0 N–H and O–H groups in total. The Bertz CT molecular complexity index is 391. The molecule has 1 aromatic rings. The van der Waals surface area contributed by atoms with E-state index in [1.807, 2.05) is 20.8 Å². The summed E-state index contributed by atoms with van der Waals surface area (Å²) in [6.07, 6.45) is 3.93. The minimum atomic E-state index is -0.228. The van der Waals surface area contributed by atoms with Crippen molar-refractivity contribution < 1.29 is 4.39 Å². The van der Waals surface area contributed by atoms with Crippen molar-refractivity contribution in [3.8, 4) is 0 Å². The maximum absolute atomic E-state index is 14.2. The molecule has 1 heterocycles. The number of hydrogen-bond acceptors (Lipinski definition) is 1. The van der Waals surface area contributed by atoms with Crippen LogP contribution < -0.4 is 0 Å². The zero-order chi connectivity index (χ0) is 11.2. The smallest absolute Gasteiger partial charge is 0.149 e. The van der Waals surface area contributed by atoms with Crippen molar-refractivity contribution in [1.82, 2.24) is 4.98 Å². The van der Waals surface area contributed by atoms with Gasteiger partial charge in [0.15, 0.2) is 0 Å². The Morgan fingerprint density at radius 1 is 1.40 bits per heavy atom. The second-order valence-corrected chi connectivity index (χ2v) is 6.06. The van der Waals surface area contributed by atoms with Gasteiger partial charge in [-0.05, 0) is 34.7 Å². The average Bonchev–Trinajstić information content (AvgIpc) is 2.85. The van der Waals surface area contributed by atoms with Gasteiger partial charge in [0.25, 0.3) is 0 Å². The molecule has 1 fully saturated rings. The van der Waals surface area contributed by atoms with Crippen LogP contribution in [0, 0.1) is 5.82 Å². The summed E-state index contributed by atoms with van der Waals surface area (Å²) in [4.78, 5) is 4.20. The van der Waals surface area contributed by atoms with Gasteiger partial charge in [0, 0.05) is 21.6 Å². The lowest BCUT2D eigenvalue weighted by Gasteiger charge is -2.20. The minimum Gasteiger partial charge on any atom is -0.256 e. The Hall–Kier alpha value is -0.440. The molecule has 1 nitrogen and oxygen atoms in total. The average molecular weight is 272 g/mol. The third-order valence-electron chi connectivity index (χ3n) is 2.70. The van der Waals surface area contributed by atoms with E-state index in [4.69, 9.17) is 0 Å². The number of pyridine rings is 1. The molecule has 0 bridgehead atoms. The lowest BCUT2D eigenvalue weighted by Crippen LogP contribution is -2.17. The summed E-state index contributed by atoms with van der Waals surface area (Å²) in [7, 11) is 0.